The number of esters is 1. The van der Waals surface area contributed by atoms with E-state index in [1.165, 1.54) is 6.20 Å². The number of fused-ring (bicyclic) bond motifs is 1. The fourth-order valence-electron chi connectivity index (χ4n) is 3.01. The van der Waals surface area contributed by atoms with Crippen molar-refractivity contribution in [1.82, 2.24) is 9.55 Å². The molecule has 9 heteroatoms. The van der Waals surface area contributed by atoms with Crippen molar-refractivity contribution >= 4 is 51.7 Å². The highest BCUT2D eigenvalue weighted by molar-refractivity contribution is 6.44. The molecule has 0 saturated heterocycles. The number of aryl methyl sites for hydroxylation is 2. The number of H-pyrrole nitrogens is 1. The number of halogens is 2. The van der Waals surface area contributed by atoms with Crippen LogP contribution in [0.4, 0.5) is 5.69 Å². The number of amides is 1. The third kappa shape index (κ3) is 3.88. The third-order valence-electron chi connectivity index (χ3n) is 4.46. The average Bonchev–Trinajstić information content (AvgIpc) is 2.96. The molecule has 152 valence electrons. The molecule has 0 aliphatic heterocycles. The summed E-state index contributed by atoms with van der Waals surface area (Å²) in [5.74, 6) is -1.12. The maximum atomic E-state index is 12.7. The van der Waals surface area contributed by atoms with E-state index in [1.807, 2.05) is 6.92 Å². The number of benzene rings is 1. The summed E-state index contributed by atoms with van der Waals surface area (Å²) in [4.78, 5) is 40.2. The van der Waals surface area contributed by atoms with Crippen LogP contribution in [0.2, 0.25) is 10.0 Å². The van der Waals surface area contributed by atoms with E-state index in [9.17, 15) is 14.4 Å². The number of nitrogens with one attached hydrogen (secondary N) is 2. The van der Waals surface area contributed by atoms with Crippen LogP contribution in [0, 0.1) is 6.92 Å². The van der Waals surface area contributed by atoms with Gasteiger partial charge in [0.05, 0.1) is 22.2 Å². The van der Waals surface area contributed by atoms with Crippen LogP contribution in [0.3, 0.4) is 0 Å². The first-order valence-corrected chi connectivity index (χ1v) is 9.73. The first-order valence-electron chi connectivity index (χ1n) is 8.97. The molecule has 0 aliphatic rings. The molecule has 2 N–H and O–H groups in total. The van der Waals surface area contributed by atoms with Crippen molar-refractivity contribution in [2.75, 3.05) is 11.9 Å². The molecule has 2 aromatic heterocycles. The van der Waals surface area contributed by atoms with Gasteiger partial charge < -0.3 is 19.6 Å². The number of aromatic nitrogens is 2. The number of anilines is 1. The number of pyridine rings is 1. The van der Waals surface area contributed by atoms with Gasteiger partial charge in [-0.05, 0) is 39.0 Å². The van der Waals surface area contributed by atoms with Crippen LogP contribution < -0.4 is 10.7 Å². The second-order valence-electron chi connectivity index (χ2n) is 6.32. The van der Waals surface area contributed by atoms with Gasteiger partial charge in [-0.25, -0.2) is 4.79 Å². The number of aromatic amines is 1. The molecule has 3 aromatic rings. The van der Waals surface area contributed by atoms with Crippen LogP contribution in [-0.4, -0.2) is 28.0 Å². The number of hydrogen-bond acceptors (Lipinski definition) is 4. The van der Waals surface area contributed by atoms with Crippen LogP contribution in [0.15, 0.2) is 29.2 Å². The second-order valence-corrected chi connectivity index (χ2v) is 7.07. The maximum Gasteiger partial charge on any atom is 0.343 e. The van der Waals surface area contributed by atoms with Gasteiger partial charge in [-0.15, -0.1) is 0 Å². The Morgan fingerprint density at radius 3 is 2.52 bits per heavy atom. The summed E-state index contributed by atoms with van der Waals surface area (Å²) in [7, 11) is 0. The number of nitrogens with zero attached hydrogens (tertiary/aromatic N) is 1. The molecule has 7 nitrogen and oxygen atoms in total. The molecule has 0 bridgehead atoms. The van der Waals surface area contributed by atoms with Gasteiger partial charge in [0.1, 0.15) is 11.3 Å². The Morgan fingerprint density at radius 2 is 1.93 bits per heavy atom. The number of hydrogen-bond donors (Lipinski definition) is 2. The molecular formula is C20H19Cl2N3O4. The smallest absolute Gasteiger partial charge is 0.343 e. The Bertz CT molecular complexity index is 1180. The molecule has 0 atom stereocenters. The molecule has 29 heavy (non-hydrogen) atoms. The van der Waals surface area contributed by atoms with Crippen molar-refractivity contribution in [2.45, 2.75) is 27.3 Å². The highest BCUT2D eigenvalue weighted by atomic mass is 35.5. The van der Waals surface area contributed by atoms with Crippen molar-refractivity contribution in [2.24, 2.45) is 0 Å². The van der Waals surface area contributed by atoms with Crippen molar-refractivity contribution < 1.29 is 14.3 Å². The lowest BCUT2D eigenvalue weighted by molar-refractivity contribution is 0.0524. The SMILES string of the molecule is CCOC(=O)c1cn(CC)c2cc(NC(=O)c3[nH]c(C)c(Cl)c3Cl)ccc2c1=O. The molecule has 2 heterocycles. The maximum absolute atomic E-state index is 12.7. The minimum Gasteiger partial charge on any atom is -0.462 e. The molecular weight excluding hydrogens is 417 g/mol. The predicted molar refractivity (Wildman–Crippen MR) is 113 cm³/mol. The van der Waals surface area contributed by atoms with E-state index in [0.29, 0.717) is 33.9 Å². The van der Waals surface area contributed by atoms with Gasteiger partial charge in [-0.1, -0.05) is 23.2 Å². The lowest BCUT2D eigenvalue weighted by Gasteiger charge is -2.13. The summed E-state index contributed by atoms with van der Waals surface area (Å²) in [5.41, 5.74) is 1.34. The van der Waals surface area contributed by atoms with E-state index < -0.39 is 17.3 Å². The zero-order valence-corrected chi connectivity index (χ0v) is 17.6. The van der Waals surface area contributed by atoms with Gasteiger partial charge in [0, 0.05) is 29.5 Å². The third-order valence-corrected chi connectivity index (χ3v) is 5.40. The molecule has 0 aliphatic carbocycles. The van der Waals surface area contributed by atoms with E-state index in [0.717, 1.165) is 0 Å². The number of ether oxygens (including phenoxy) is 1. The van der Waals surface area contributed by atoms with Crippen LogP contribution in [0.1, 0.15) is 40.4 Å². The number of rotatable bonds is 5. The minimum atomic E-state index is -0.660. The summed E-state index contributed by atoms with van der Waals surface area (Å²) >= 11 is 12.1. The fourth-order valence-corrected chi connectivity index (χ4v) is 3.42. The number of carbonyl (C=O) groups excluding carboxylic acids is 2. The highest BCUT2D eigenvalue weighted by Gasteiger charge is 2.19. The minimum absolute atomic E-state index is 0.0266. The normalized spacial score (nSPS) is 10.9. The first kappa shape index (κ1) is 21.0. The molecule has 1 amide bonds. The summed E-state index contributed by atoms with van der Waals surface area (Å²) in [6, 6.07) is 4.82. The van der Waals surface area contributed by atoms with Crippen molar-refractivity contribution in [3.8, 4) is 0 Å². The van der Waals surface area contributed by atoms with Crippen molar-refractivity contribution in [1.29, 1.82) is 0 Å². The molecule has 0 fully saturated rings. The zero-order chi connectivity index (χ0) is 21.3. The van der Waals surface area contributed by atoms with Gasteiger partial charge in [-0.2, -0.15) is 0 Å². The molecule has 0 spiro atoms. The Kier molecular flexibility index (Phi) is 6.00. The quantitative estimate of drug-likeness (QED) is 0.580. The van der Waals surface area contributed by atoms with Crippen LogP contribution in [0.5, 0.6) is 0 Å². The topological polar surface area (TPSA) is 93.2 Å². The first-order chi connectivity index (χ1) is 13.8. The standard InChI is InChI=1S/C20H19Cl2N3O4/c1-4-25-9-13(20(28)29-5-2)18(26)12-7-6-11(8-14(12)25)24-19(27)17-16(22)15(21)10(3)23-17/h6-9,23H,4-5H2,1-3H3,(H,24,27). The van der Waals surface area contributed by atoms with Crippen LogP contribution in [0.25, 0.3) is 10.9 Å². The summed E-state index contributed by atoms with van der Waals surface area (Å²) in [6.07, 6.45) is 1.47. The Balaban J connectivity index is 2.02. The van der Waals surface area contributed by atoms with Gasteiger partial charge in [0.2, 0.25) is 5.43 Å². The predicted octanol–water partition coefficient (Wildman–Crippen LogP) is 4.39. The Hall–Kier alpha value is -2.77. The van der Waals surface area contributed by atoms with E-state index in [1.54, 1.807) is 36.6 Å². The largest absolute Gasteiger partial charge is 0.462 e. The second kappa shape index (κ2) is 8.31. The number of carbonyl (C=O) groups is 2. The highest BCUT2D eigenvalue weighted by Crippen LogP contribution is 2.29. The molecule has 3 rings (SSSR count). The molecule has 0 radical (unpaired) electrons. The van der Waals surface area contributed by atoms with Crippen molar-refractivity contribution in [3.63, 3.8) is 0 Å². The van der Waals surface area contributed by atoms with E-state index in [2.05, 4.69) is 10.3 Å². The van der Waals surface area contributed by atoms with Crippen molar-refractivity contribution in [3.05, 3.63) is 61.6 Å². The fraction of sp³-hybridized carbons (Fsp3) is 0.250. The Labute approximate surface area is 176 Å². The zero-order valence-electron chi connectivity index (χ0n) is 16.1. The lowest BCUT2D eigenvalue weighted by Crippen LogP contribution is -2.21. The average molecular weight is 436 g/mol. The van der Waals surface area contributed by atoms with E-state index in [-0.39, 0.29) is 22.9 Å². The summed E-state index contributed by atoms with van der Waals surface area (Å²) < 4.78 is 6.72. The summed E-state index contributed by atoms with van der Waals surface area (Å²) in [5, 5.41) is 3.53. The molecule has 1 aromatic carbocycles. The summed E-state index contributed by atoms with van der Waals surface area (Å²) in [6.45, 7) is 5.96. The van der Waals surface area contributed by atoms with Crippen LogP contribution >= 0.6 is 23.2 Å². The Morgan fingerprint density at radius 1 is 1.21 bits per heavy atom. The van der Waals surface area contributed by atoms with E-state index >= 15 is 0 Å². The van der Waals surface area contributed by atoms with Gasteiger partial charge in [-0.3, -0.25) is 9.59 Å². The molecule has 0 saturated carbocycles. The van der Waals surface area contributed by atoms with Crippen LogP contribution in [-0.2, 0) is 11.3 Å². The van der Waals surface area contributed by atoms with E-state index in [4.69, 9.17) is 27.9 Å². The van der Waals surface area contributed by atoms with Gasteiger partial charge >= 0.3 is 5.97 Å². The van der Waals surface area contributed by atoms with Gasteiger partial charge in [0.15, 0.2) is 0 Å². The lowest BCUT2D eigenvalue weighted by atomic mass is 10.1. The monoisotopic (exact) mass is 435 g/mol. The van der Waals surface area contributed by atoms with Gasteiger partial charge in [0.25, 0.3) is 5.91 Å². The molecule has 0 unspecified atom stereocenters.